The number of imide groups is 1. The molecule has 8 heteroatoms. The Kier molecular flexibility index (Phi) is 6.38. The highest BCUT2D eigenvalue weighted by Gasteiger charge is 2.65. The molecule has 198 valence electrons. The van der Waals surface area contributed by atoms with E-state index >= 15 is 0 Å². The van der Waals surface area contributed by atoms with E-state index in [0.717, 1.165) is 24.0 Å². The Morgan fingerprint density at radius 3 is 2.31 bits per heavy atom. The van der Waals surface area contributed by atoms with Crippen molar-refractivity contribution in [3.63, 3.8) is 0 Å². The summed E-state index contributed by atoms with van der Waals surface area (Å²) in [5, 5.41) is 6.28. The molecule has 0 saturated carbocycles. The van der Waals surface area contributed by atoms with Crippen LogP contribution >= 0.6 is 0 Å². The zero-order valence-electron chi connectivity index (χ0n) is 21.8. The molecule has 4 atom stereocenters. The molecule has 0 N–H and O–H groups in total. The van der Waals surface area contributed by atoms with Crippen LogP contribution in [-0.2, 0) is 9.59 Å². The summed E-state index contributed by atoms with van der Waals surface area (Å²) in [7, 11) is 1.56. The number of ether oxygens (including phenoxy) is 2. The van der Waals surface area contributed by atoms with Crippen molar-refractivity contribution in [1.29, 1.82) is 0 Å². The molecule has 3 aromatic carbocycles. The average molecular weight is 524 g/mol. The molecular weight excluding hydrogens is 494 g/mol. The lowest BCUT2D eigenvalue weighted by atomic mass is 9.83. The van der Waals surface area contributed by atoms with Gasteiger partial charge in [0.1, 0.15) is 17.5 Å². The Balaban J connectivity index is 1.38. The number of hydrogen-bond donors (Lipinski definition) is 0. The summed E-state index contributed by atoms with van der Waals surface area (Å²) in [5.74, 6) is -1.28. The lowest BCUT2D eigenvalue weighted by molar-refractivity contribution is -0.124. The molecule has 0 aromatic heterocycles. The number of Topliss-reactive ketones (excluding diaryl/α,β-unsaturated/α-hetero) is 1. The lowest BCUT2D eigenvalue weighted by Crippen LogP contribution is -2.44. The SMILES string of the molecule is CCCCOc1ccc(N2C(=O)[C@@H]3[C@H](C2=O)C2c4ccccc4C=NN2[C@@H]3C(=O)c2ccc(OC)cc2)cc1. The largest absolute Gasteiger partial charge is 0.497 e. The van der Waals surface area contributed by atoms with Crippen LogP contribution in [0.5, 0.6) is 11.5 Å². The van der Waals surface area contributed by atoms with Crippen LogP contribution in [-0.4, -0.2) is 48.6 Å². The van der Waals surface area contributed by atoms with Gasteiger partial charge in [0.15, 0.2) is 5.78 Å². The molecule has 0 aliphatic carbocycles. The van der Waals surface area contributed by atoms with Gasteiger partial charge in [-0.1, -0.05) is 37.6 Å². The number of anilines is 1. The summed E-state index contributed by atoms with van der Waals surface area (Å²) >= 11 is 0. The van der Waals surface area contributed by atoms with Gasteiger partial charge in [0.05, 0.1) is 43.5 Å². The van der Waals surface area contributed by atoms with E-state index in [1.807, 2.05) is 24.3 Å². The zero-order chi connectivity index (χ0) is 27.1. The molecular formula is C31H29N3O5. The van der Waals surface area contributed by atoms with E-state index in [-0.39, 0.29) is 11.7 Å². The highest BCUT2D eigenvalue weighted by Crippen LogP contribution is 2.53. The number of methoxy groups -OCH3 is 1. The molecule has 0 bridgehead atoms. The normalized spacial score (nSPS) is 22.9. The zero-order valence-corrected chi connectivity index (χ0v) is 21.8. The van der Waals surface area contributed by atoms with E-state index in [0.29, 0.717) is 29.4 Å². The van der Waals surface area contributed by atoms with Crippen LogP contribution in [0.4, 0.5) is 5.69 Å². The van der Waals surface area contributed by atoms with Crippen LogP contribution in [0.3, 0.4) is 0 Å². The second-order valence-corrected chi connectivity index (χ2v) is 10.00. The molecule has 2 saturated heterocycles. The van der Waals surface area contributed by atoms with Crippen molar-refractivity contribution in [1.82, 2.24) is 5.01 Å². The van der Waals surface area contributed by atoms with E-state index in [2.05, 4.69) is 12.0 Å². The van der Waals surface area contributed by atoms with Gasteiger partial charge in [0, 0.05) is 5.56 Å². The second-order valence-electron chi connectivity index (χ2n) is 10.00. The van der Waals surface area contributed by atoms with Gasteiger partial charge < -0.3 is 9.47 Å². The molecule has 0 radical (unpaired) electrons. The Hall–Kier alpha value is -4.46. The number of unbranched alkanes of at least 4 members (excludes halogenated alkanes) is 1. The molecule has 8 nitrogen and oxygen atoms in total. The van der Waals surface area contributed by atoms with E-state index in [1.54, 1.807) is 66.9 Å². The third kappa shape index (κ3) is 4.07. The molecule has 3 aliphatic heterocycles. The van der Waals surface area contributed by atoms with Crippen LogP contribution in [0.2, 0.25) is 0 Å². The van der Waals surface area contributed by atoms with Gasteiger partial charge in [-0.15, -0.1) is 0 Å². The highest BCUT2D eigenvalue weighted by molar-refractivity contribution is 6.24. The van der Waals surface area contributed by atoms with Crippen molar-refractivity contribution in [2.24, 2.45) is 16.9 Å². The standard InChI is InChI=1S/C31H29N3O5/c1-3-4-17-39-23-15-11-21(12-16-23)33-30(36)25-26(31(33)37)28(29(35)19-9-13-22(38-2)14-10-19)34-27(25)24-8-6-5-7-20(24)18-32-34/h5-16,18,25-28H,3-4,17H2,1-2H3/t25-,26+,27?,28-/m0/s1. The maximum absolute atomic E-state index is 14.0. The summed E-state index contributed by atoms with van der Waals surface area (Å²) in [6, 6.07) is 20.0. The number of nitrogens with zero attached hydrogens (tertiary/aromatic N) is 3. The van der Waals surface area contributed by atoms with Gasteiger partial charge in [-0.3, -0.25) is 19.4 Å². The number of carbonyl (C=O) groups excluding carboxylic acids is 3. The first-order valence-electron chi connectivity index (χ1n) is 13.2. The van der Waals surface area contributed by atoms with Gasteiger partial charge in [0.2, 0.25) is 11.8 Å². The van der Waals surface area contributed by atoms with Crippen molar-refractivity contribution in [3.05, 3.63) is 89.5 Å². The van der Waals surface area contributed by atoms with Crippen molar-refractivity contribution in [3.8, 4) is 11.5 Å². The second kappa shape index (κ2) is 10.0. The van der Waals surface area contributed by atoms with Crippen LogP contribution in [0.25, 0.3) is 0 Å². The summed E-state index contributed by atoms with van der Waals surface area (Å²) in [4.78, 5) is 43.2. The summed E-state index contributed by atoms with van der Waals surface area (Å²) in [6.07, 6.45) is 3.67. The molecule has 3 heterocycles. The first-order chi connectivity index (χ1) is 19.0. The van der Waals surface area contributed by atoms with Gasteiger partial charge in [0.25, 0.3) is 0 Å². The van der Waals surface area contributed by atoms with E-state index in [9.17, 15) is 14.4 Å². The third-order valence-corrected chi connectivity index (χ3v) is 7.80. The Morgan fingerprint density at radius 1 is 0.897 bits per heavy atom. The maximum atomic E-state index is 14.0. The number of fused-ring (bicyclic) bond motifs is 5. The first kappa shape index (κ1) is 24.9. The fourth-order valence-electron chi connectivity index (χ4n) is 5.87. The van der Waals surface area contributed by atoms with E-state index in [1.165, 1.54) is 4.90 Å². The molecule has 0 spiro atoms. The topological polar surface area (TPSA) is 88.5 Å². The Labute approximate surface area is 226 Å². The van der Waals surface area contributed by atoms with Gasteiger partial charge in [-0.25, -0.2) is 4.90 Å². The fraction of sp³-hybridized carbons (Fsp3) is 0.290. The lowest BCUT2D eigenvalue weighted by Gasteiger charge is -2.33. The minimum Gasteiger partial charge on any atom is -0.497 e. The number of rotatable bonds is 8. The molecule has 6 rings (SSSR count). The number of hydrazone groups is 1. The van der Waals surface area contributed by atoms with Crippen molar-refractivity contribution < 1.29 is 23.9 Å². The van der Waals surface area contributed by atoms with Crippen LogP contribution in [0.15, 0.2) is 77.9 Å². The summed E-state index contributed by atoms with van der Waals surface area (Å²) < 4.78 is 11.0. The number of hydrogen-bond acceptors (Lipinski definition) is 7. The summed E-state index contributed by atoms with van der Waals surface area (Å²) in [6.45, 7) is 2.70. The molecule has 2 fully saturated rings. The van der Waals surface area contributed by atoms with Crippen LogP contribution in [0, 0.1) is 11.8 Å². The molecule has 2 amide bonds. The van der Waals surface area contributed by atoms with Crippen molar-refractivity contribution in [2.75, 3.05) is 18.6 Å². The quantitative estimate of drug-likeness (QED) is 0.243. The number of benzene rings is 3. The van der Waals surface area contributed by atoms with Gasteiger partial charge >= 0.3 is 0 Å². The van der Waals surface area contributed by atoms with Crippen molar-refractivity contribution in [2.45, 2.75) is 31.8 Å². The molecule has 39 heavy (non-hydrogen) atoms. The van der Waals surface area contributed by atoms with Gasteiger partial charge in [-0.05, 0) is 66.1 Å². The van der Waals surface area contributed by atoms with E-state index < -0.39 is 29.8 Å². The number of carbonyl (C=O) groups is 3. The monoisotopic (exact) mass is 523 g/mol. The third-order valence-electron chi connectivity index (χ3n) is 7.80. The maximum Gasteiger partial charge on any atom is 0.240 e. The Morgan fingerprint density at radius 2 is 1.59 bits per heavy atom. The average Bonchev–Trinajstić information content (AvgIpc) is 3.45. The number of amides is 2. The van der Waals surface area contributed by atoms with Gasteiger partial charge in [-0.2, -0.15) is 5.10 Å². The molecule has 3 aliphatic rings. The van der Waals surface area contributed by atoms with E-state index in [4.69, 9.17) is 9.47 Å². The molecule has 3 aromatic rings. The minimum absolute atomic E-state index is 0.255. The summed E-state index contributed by atoms with van der Waals surface area (Å²) in [5.41, 5.74) is 2.66. The van der Waals surface area contributed by atoms with Crippen LogP contribution in [0.1, 0.15) is 47.3 Å². The fourth-order valence-corrected chi connectivity index (χ4v) is 5.87. The predicted octanol–water partition coefficient (Wildman–Crippen LogP) is 4.64. The first-order valence-corrected chi connectivity index (χ1v) is 13.2. The Bertz CT molecular complexity index is 1450. The smallest absolute Gasteiger partial charge is 0.240 e. The highest BCUT2D eigenvalue weighted by atomic mass is 16.5. The number of ketones is 1. The van der Waals surface area contributed by atoms with Crippen molar-refractivity contribution >= 4 is 29.5 Å². The molecule has 1 unspecified atom stereocenters. The minimum atomic E-state index is -0.920. The van der Waals surface area contributed by atoms with Crippen LogP contribution < -0.4 is 14.4 Å². The predicted molar refractivity (Wildman–Crippen MR) is 146 cm³/mol.